The Morgan fingerprint density at radius 3 is 2.60 bits per heavy atom. The maximum absolute atomic E-state index is 12.0. The lowest BCUT2D eigenvalue weighted by Crippen LogP contribution is -2.50. The van der Waals surface area contributed by atoms with Crippen molar-refractivity contribution in [3.63, 3.8) is 0 Å². The standard InChI is InChI=1S/C14H22N2O2S2/c1-11-3-5-12(6-4-11)13(9-15)16-7-8-19-10-14(16)20(2,17)18/h3-6,13-14H,7-10,15H2,1-2H3. The van der Waals surface area contributed by atoms with Crippen LogP contribution in [-0.2, 0) is 9.84 Å². The number of nitrogens with two attached hydrogens (primary N) is 1. The van der Waals surface area contributed by atoms with E-state index in [1.807, 2.05) is 31.2 Å². The van der Waals surface area contributed by atoms with Gasteiger partial charge in [0.1, 0.15) is 5.37 Å². The van der Waals surface area contributed by atoms with Crippen molar-refractivity contribution in [2.45, 2.75) is 18.3 Å². The van der Waals surface area contributed by atoms with Crippen molar-refractivity contribution in [3.8, 4) is 0 Å². The van der Waals surface area contributed by atoms with E-state index >= 15 is 0 Å². The average molecular weight is 314 g/mol. The van der Waals surface area contributed by atoms with Crippen LogP contribution in [0.15, 0.2) is 24.3 Å². The second-order valence-electron chi connectivity index (χ2n) is 5.26. The van der Waals surface area contributed by atoms with Crippen LogP contribution < -0.4 is 5.73 Å². The molecule has 0 aliphatic carbocycles. The van der Waals surface area contributed by atoms with Gasteiger partial charge in [-0.15, -0.1) is 0 Å². The lowest BCUT2D eigenvalue weighted by molar-refractivity contribution is 0.198. The summed E-state index contributed by atoms with van der Waals surface area (Å²) < 4.78 is 24.0. The van der Waals surface area contributed by atoms with Crippen LogP contribution in [0, 0.1) is 6.92 Å². The molecule has 1 fully saturated rings. The molecule has 0 radical (unpaired) electrons. The summed E-state index contributed by atoms with van der Waals surface area (Å²) in [5.74, 6) is 1.58. The number of rotatable bonds is 4. The van der Waals surface area contributed by atoms with Crippen molar-refractivity contribution >= 4 is 21.6 Å². The zero-order chi connectivity index (χ0) is 14.8. The Bertz CT molecular complexity index is 543. The smallest absolute Gasteiger partial charge is 0.164 e. The first-order valence-corrected chi connectivity index (χ1v) is 9.83. The number of sulfone groups is 1. The molecule has 0 aromatic heterocycles. The third-order valence-corrected chi connectivity index (χ3v) is 6.36. The molecule has 1 aliphatic heterocycles. The van der Waals surface area contributed by atoms with Crippen molar-refractivity contribution in [1.82, 2.24) is 4.90 Å². The second-order valence-corrected chi connectivity index (χ2v) is 8.61. The molecule has 112 valence electrons. The number of nitrogens with zero attached hydrogens (tertiary/aromatic N) is 1. The monoisotopic (exact) mass is 314 g/mol. The number of hydrogen-bond acceptors (Lipinski definition) is 5. The summed E-state index contributed by atoms with van der Waals surface area (Å²) >= 11 is 1.70. The Labute approximate surface area is 125 Å². The molecule has 1 aromatic rings. The van der Waals surface area contributed by atoms with Gasteiger partial charge in [0.2, 0.25) is 0 Å². The van der Waals surface area contributed by atoms with Gasteiger partial charge in [-0.05, 0) is 12.5 Å². The van der Waals surface area contributed by atoms with E-state index in [0.29, 0.717) is 12.3 Å². The first-order valence-electron chi connectivity index (χ1n) is 6.72. The zero-order valence-electron chi connectivity index (χ0n) is 12.0. The molecule has 6 heteroatoms. The van der Waals surface area contributed by atoms with E-state index < -0.39 is 15.2 Å². The van der Waals surface area contributed by atoms with Crippen LogP contribution in [-0.4, -0.2) is 49.5 Å². The number of benzene rings is 1. The van der Waals surface area contributed by atoms with Crippen LogP contribution >= 0.6 is 11.8 Å². The Balaban J connectivity index is 2.31. The molecule has 0 saturated carbocycles. The number of aryl methyl sites for hydroxylation is 1. The molecule has 0 amide bonds. The van der Waals surface area contributed by atoms with Crippen molar-refractivity contribution in [2.75, 3.05) is 30.9 Å². The molecule has 20 heavy (non-hydrogen) atoms. The topological polar surface area (TPSA) is 63.4 Å². The molecule has 0 bridgehead atoms. The molecule has 1 saturated heterocycles. The van der Waals surface area contributed by atoms with Gasteiger partial charge >= 0.3 is 0 Å². The molecule has 2 unspecified atom stereocenters. The van der Waals surface area contributed by atoms with Crippen molar-refractivity contribution in [2.24, 2.45) is 5.73 Å². The minimum atomic E-state index is -3.10. The summed E-state index contributed by atoms with van der Waals surface area (Å²) in [6.07, 6.45) is 1.32. The minimum Gasteiger partial charge on any atom is -0.329 e. The van der Waals surface area contributed by atoms with Gasteiger partial charge in [0.15, 0.2) is 9.84 Å². The van der Waals surface area contributed by atoms with Crippen LogP contribution in [0.1, 0.15) is 17.2 Å². The molecule has 4 nitrogen and oxygen atoms in total. The van der Waals surface area contributed by atoms with Gasteiger partial charge in [-0.2, -0.15) is 11.8 Å². The van der Waals surface area contributed by atoms with E-state index in [0.717, 1.165) is 17.9 Å². The van der Waals surface area contributed by atoms with E-state index in [1.165, 1.54) is 11.8 Å². The van der Waals surface area contributed by atoms with E-state index in [4.69, 9.17) is 5.73 Å². The van der Waals surface area contributed by atoms with Gasteiger partial charge < -0.3 is 5.73 Å². The van der Waals surface area contributed by atoms with Crippen molar-refractivity contribution in [3.05, 3.63) is 35.4 Å². The molecule has 2 N–H and O–H groups in total. The maximum Gasteiger partial charge on any atom is 0.164 e. The first-order chi connectivity index (χ1) is 9.43. The van der Waals surface area contributed by atoms with E-state index in [-0.39, 0.29) is 6.04 Å². The molecule has 2 atom stereocenters. The highest BCUT2D eigenvalue weighted by atomic mass is 32.2. The van der Waals surface area contributed by atoms with Crippen LogP contribution in [0.5, 0.6) is 0 Å². The van der Waals surface area contributed by atoms with Crippen LogP contribution in [0.2, 0.25) is 0 Å². The van der Waals surface area contributed by atoms with E-state index in [9.17, 15) is 8.42 Å². The molecule has 1 aliphatic rings. The highest BCUT2D eigenvalue weighted by Crippen LogP contribution is 2.29. The summed E-state index contributed by atoms with van der Waals surface area (Å²) in [5, 5.41) is -0.434. The highest BCUT2D eigenvalue weighted by molar-refractivity contribution is 8.00. The van der Waals surface area contributed by atoms with Gasteiger partial charge in [0.05, 0.1) is 0 Å². The predicted molar refractivity (Wildman–Crippen MR) is 85.6 cm³/mol. The van der Waals surface area contributed by atoms with Crippen LogP contribution in [0.25, 0.3) is 0 Å². The fourth-order valence-corrected chi connectivity index (χ4v) is 5.49. The first kappa shape index (κ1) is 15.8. The highest BCUT2D eigenvalue weighted by Gasteiger charge is 2.35. The quantitative estimate of drug-likeness (QED) is 0.910. The summed E-state index contributed by atoms with van der Waals surface area (Å²) in [6.45, 7) is 3.23. The Morgan fingerprint density at radius 1 is 1.40 bits per heavy atom. The molecular weight excluding hydrogens is 292 g/mol. The third-order valence-electron chi connectivity index (χ3n) is 3.70. The van der Waals surface area contributed by atoms with Gasteiger partial charge in [0, 0.05) is 36.9 Å². The van der Waals surface area contributed by atoms with Crippen molar-refractivity contribution < 1.29 is 8.42 Å². The molecule has 1 heterocycles. The fraction of sp³-hybridized carbons (Fsp3) is 0.571. The van der Waals surface area contributed by atoms with E-state index in [1.54, 1.807) is 11.8 Å². The molecule has 1 aromatic carbocycles. The van der Waals surface area contributed by atoms with E-state index in [2.05, 4.69) is 4.90 Å². The van der Waals surface area contributed by atoms with Gasteiger partial charge in [-0.3, -0.25) is 4.90 Å². The van der Waals surface area contributed by atoms with Gasteiger partial charge in [-0.1, -0.05) is 29.8 Å². The summed E-state index contributed by atoms with van der Waals surface area (Å²) in [6, 6.07) is 8.16. The largest absolute Gasteiger partial charge is 0.329 e. The lowest BCUT2D eigenvalue weighted by Gasteiger charge is -2.39. The van der Waals surface area contributed by atoms with Crippen molar-refractivity contribution in [1.29, 1.82) is 0 Å². The minimum absolute atomic E-state index is 0.0313. The molecular formula is C14H22N2O2S2. The third kappa shape index (κ3) is 3.55. The normalized spacial score (nSPS) is 22.6. The second kappa shape index (κ2) is 6.47. The molecule has 2 rings (SSSR count). The molecule has 0 spiro atoms. The van der Waals surface area contributed by atoms with Crippen LogP contribution in [0.4, 0.5) is 0 Å². The Morgan fingerprint density at radius 2 is 2.05 bits per heavy atom. The lowest BCUT2D eigenvalue weighted by atomic mass is 10.0. The Hall–Kier alpha value is -0.560. The Kier molecular flexibility index (Phi) is 5.12. The number of hydrogen-bond donors (Lipinski definition) is 1. The zero-order valence-corrected chi connectivity index (χ0v) is 13.6. The average Bonchev–Trinajstić information content (AvgIpc) is 2.41. The van der Waals surface area contributed by atoms with Gasteiger partial charge in [0.25, 0.3) is 0 Å². The number of thioether (sulfide) groups is 1. The summed E-state index contributed by atoms with van der Waals surface area (Å²) in [4.78, 5) is 2.05. The fourth-order valence-electron chi connectivity index (χ4n) is 2.57. The summed E-state index contributed by atoms with van der Waals surface area (Å²) in [5.41, 5.74) is 8.22. The van der Waals surface area contributed by atoms with Crippen LogP contribution in [0.3, 0.4) is 0 Å². The predicted octanol–water partition coefficient (Wildman–Crippen LogP) is 1.41. The summed E-state index contributed by atoms with van der Waals surface area (Å²) in [7, 11) is -3.10. The SMILES string of the molecule is Cc1ccc(C(CN)N2CCSCC2S(C)(=O)=O)cc1. The maximum atomic E-state index is 12.0. The van der Waals surface area contributed by atoms with Gasteiger partial charge in [-0.25, -0.2) is 8.42 Å².